The van der Waals surface area contributed by atoms with Gasteiger partial charge in [0, 0.05) is 24.5 Å². The zero-order valence-corrected chi connectivity index (χ0v) is 20.9. The molecule has 36 heavy (non-hydrogen) atoms. The number of ether oxygens (including phenoxy) is 2. The molecule has 2 aromatic heterocycles. The summed E-state index contributed by atoms with van der Waals surface area (Å²) in [6.07, 6.45) is 3.31. The molecule has 1 aliphatic heterocycles. The lowest BCUT2D eigenvalue weighted by Crippen LogP contribution is -2.48. The number of fused-ring (bicyclic) bond motifs is 1. The summed E-state index contributed by atoms with van der Waals surface area (Å²) < 4.78 is 30.0. The molecule has 2 atom stereocenters. The van der Waals surface area contributed by atoms with E-state index >= 15 is 0 Å². The van der Waals surface area contributed by atoms with Crippen molar-refractivity contribution in [2.24, 2.45) is 0 Å². The largest absolute Gasteiger partial charge is 0.491 e. The minimum Gasteiger partial charge on any atom is -0.491 e. The van der Waals surface area contributed by atoms with E-state index in [0.29, 0.717) is 24.6 Å². The van der Waals surface area contributed by atoms with E-state index < -0.39 is 6.10 Å². The molecule has 1 amide bonds. The van der Waals surface area contributed by atoms with Gasteiger partial charge < -0.3 is 23.9 Å². The first-order chi connectivity index (χ1) is 17.5. The van der Waals surface area contributed by atoms with E-state index in [4.69, 9.17) is 13.9 Å². The highest BCUT2D eigenvalue weighted by molar-refractivity contribution is 7.10. The molecule has 3 aromatic rings. The van der Waals surface area contributed by atoms with Gasteiger partial charge in [-0.1, -0.05) is 6.08 Å². The van der Waals surface area contributed by atoms with Crippen LogP contribution in [-0.2, 0) is 22.6 Å². The van der Waals surface area contributed by atoms with Crippen molar-refractivity contribution >= 4 is 17.2 Å². The van der Waals surface area contributed by atoms with Crippen LogP contribution in [0, 0.1) is 5.82 Å². The molecule has 4 rings (SSSR count). The van der Waals surface area contributed by atoms with Gasteiger partial charge in [0.05, 0.1) is 31.6 Å². The molecular weight excluding hydrogens is 483 g/mol. The van der Waals surface area contributed by atoms with Crippen molar-refractivity contribution in [2.45, 2.75) is 25.2 Å². The van der Waals surface area contributed by atoms with Gasteiger partial charge >= 0.3 is 0 Å². The van der Waals surface area contributed by atoms with Gasteiger partial charge in [-0.05, 0) is 59.8 Å². The number of aliphatic hydroxyl groups is 1. The lowest BCUT2D eigenvalue weighted by atomic mass is 10.0. The predicted octanol–water partition coefficient (Wildman–Crippen LogP) is 4.05. The van der Waals surface area contributed by atoms with Crippen LogP contribution in [0.4, 0.5) is 4.39 Å². The number of hydrogen-bond donors (Lipinski definition) is 1. The average molecular weight is 515 g/mol. The van der Waals surface area contributed by atoms with E-state index in [0.717, 1.165) is 12.0 Å². The van der Waals surface area contributed by atoms with E-state index in [9.17, 15) is 14.3 Å². The van der Waals surface area contributed by atoms with E-state index in [-0.39, 0.29) is 50.7 Å². The van der Waals surface area contributed by atoms with E-state index in [1.165, 1.54) is 17.0 Å². The van der Waals surface area contributed by atoms with Crippen LogP contribution >= 0.6 is 11.3 Å². The first kappa shape index (κ1) is 26.1. The fraction of sp³-hybridized carbons (Fsp3) is 0.370. The monoisotopic (exact) mass is 514 g/mol. The van der Waals surface area contributed by atoms with Crippen molar-refractivity contribution in [2.75, 3.05) is 39.4 Å². The average Bonchev–Trinajstić information content (AvgIpc) is 3.56. The van der Waals surface area contributed by atoms with Crippen LogP contribution in [-0.4, -0.2) is 66.3 Å². The molecule has 3 heterocycles. The fourth-order valence-corrected chi connectivity index (χ4v) is 5.22. The molecule has 0 spiro atoms. The minimum atomic E-state index is -0.768. The quantitative estimate of drug-likeness (QED) is 0.347. The Labute approximate surface area is 214 Å². The number of nitrogens with zero attached hydrogens (tertiary/aromatic N) is 2. The second-order valence-corrected chi connectivity index (χ2v) is 9.65. The van der Waals surface area contributed by atoms with Gasteiger partial charge in [-0.3, -0.25) is 9.69 Å². The highest BCUT2D eigenvalue weighted by Crippen LogP contribution is 2.34. The zero-order valence-electron chi connectivity index (χ0n) is 20.1. The number of carbonyl (C=O) groups is 1. The standard InChI is InChI=1S/C27H31FN2O5S/c1-2-11-29(15-21(31)17-33-18-23-4-3-13-34-23)16-27(32)30-12-9-26-24(10-14-36-26)25(30)19-35-22-7-5-20(28)6-8-22/h2-8,10,13-14,21,25,31H,1,9,11-12,15-19H2/t21-,25+/m1/s1. The molecule has 9 heteroatoms. The molecule has 0 unspecified atom stereocenters. The van der Waals surface area contributed by atoms with Crippen molar-refractivity contribution in [1.29, 1.82) is 0 Å². The molecule has 1 N–H and O–H groups in total. The Kier molecular flexibility index (Phi) is 9.29. The molecule has 0 radical (unpaired) electrons. The summed E-state index contributed by atoms with van der Waals surface area (Å²) in [7, 11) is 0. The maximum absolute atomic E-state index is 13.5. The maximum atomic E-state index is 13.5. The van der Waals surface area contributed by atoms with Gasteiger partial charge in [-0.25, -0.2) is 4.39 Å². The Morgan fingerprint density at radius 2 is 2.17 bits per heavy atom. The van der Waals surface area contributed by atoms with Crippen LogP contribution in [0.5, 0.6) is 5.75 Å². The van der Waals surface area contributed by atoms with Gasteiger partial charge in [0.25, 0.3) is 0 Å². The van der Waals surface area contributed by atoms with Crippen LogP contribution in [0.15, 0.2) is 71.2 Å². The van der Waals surface area contributed by atoms with Crippen LogP contribution < -0.4 is 4.74 Å². The highest BCUT2D eigenvalue weighted by atomic mass is 32.1. The Morgan fingerprint density at radius 3 is 2.92 bits per heavy atom. The molecule has 1 aromatic carbocycles. The lowest BCUT2D eigenvalue weighted by Gasteiger charge is -2.37. The van der Waals surface area contributed by atoms with Crippen molar-refractivity contribution in [3.05, 3.63) is 88.8 Å². The Morgan fingerprint density at radius 1 is 1.33 bits per heavy atom. The number of amides is 1. The molecule has 0 saturated carbocycles. The van der Waals surface area contributed by atoms with E-state index in [1.807, 2.05) is 27.3 Å². The van der Waals surface area contributed by atoms with Crippen LogP contribution in [0.3, 0.4) is 0 Å². The zero-order chi connectivity index (χ0) is 25.3. The van der Waals surface area contributed by atoms with E-state index in [2.05, 4.69) is 6.58 Å². The molecule has 7 nitrogen and oxygen atoms in total. The summed E-state index contributed by atoms with van der Waals surface area (Å²) in [5.74, 6) is 0.863. The first-order valence-corrected chi connectivity index (χ1v) is 12.8. The Bertz CT molecular complexity index is 1100. The summed E-state index contributed by atoms with van der Waals surface area (Å²) in [6.45, 7) is 5.90. The molecule has 0 fully saturated rings. The SMILES string of the molecule is C=CCN(CC(=O)N1CCc2sccc2[C@@H]1COc1ccc(F)cc1)C[C@@H](O)COCc1ccco1. The van der Waals surface area contributed by atoms with E-state index in [1.54, 1.807) is 41.9 Å². The second kappa shape index (κ2) is 12.8. The van der Waals surface area contributed by atoms with Gasteiger partial charge in [-0.15, -0.1) is 17.9 Å². The number of carbonyl (C=O) groups excluding carboxylic acids is 1. The molecule has 0 saturated heterocycles. The van der Waals surface area contributed by atoms with Crippen LogP contribution in [0.1, 0.15) is 22.2 Å². The lowest BCUT2D eigenvalue weighted by molar-refractivity contribution is -0.136. The third kappa shape index (κ3) is 7.04. The topological polar surface area (TPSA) is 75.4 Å². The predicted molar refractivity (Wildman–Crippen MR) is 135 cm³/mol. The Balaban J connectivity index is 1.36. The van der Waals surface area contributed by atoms with Crippen LogP contribution in [0.25, 0.3) is 0 Å². The molecule has 0 bridgehead atoms. The minimum absolute atomic E-state index is 0.0508. The van der Waals surface area contributed by atoms with Crippen molar-refractivity contribution in [1.82, 2.24) is 9.80 Å². The number of rotatable bonds is 13. The van der Waals surface area contributed by atoms with Gasteiger partial charge in [0.1, 0.15) is 30.5 Å². The number of benzene rings is 1. The second-order valence-electron chi connectivity index (χ2n) is 8.65. The number of furan rings is 1. The molecule has 1 aliphatic rings. The summed E-state index contributed by atoms with van der Waals surface area (Å²) in [4.78, 5) is 18.4. The number of thiophene rings is 1. The Hall–Kier alpha value is -2.98. The summed E-state index contributed by atoms with van der Waals surface area (Å²) in [5, 5.41) is 12.5. The van der Waals surface area contributed by atoms with Crippen molar-refractivity contribution in [3.63, 3.8) is 0 Å². The third-order valence-electron chi connectivity index (χ3n) is 5.99. The van der Waals surface area contributed by atoms with Crippen molar-refractivity contribution < 1.29 is 28.2 Å². The summed E-state index contributed by atoms with van der Waals surface area (Å²) >= 11 is 1.68. The van der Waals surface area contributed by atoms with Gasteiger partial charge in [0.2, 0.25) is 5.91 Å². The number of hydrogen-bond acceptors (Lipinski definition) is 7. The maximum Gasteiger partial charge on any atom is 0.237 e. The smallest absolute Gasteiger partial charge is 0.237 e. The van der Waals surface area contributed by atoms with Crippen molar-refractivity contribution in [3.8, 4) is 5.75 Å². The van der Waals surface area contributed by atoms with Gasteiger partial charge in [0.15, 0.2) is 0 Å². The summed E-state index contributed by atoms with van der Waals surface area (Å²) in [5.41, 5.74) is 1.09. The highest BCUT2D eigenvalue weighted by Gasteiger charge is 2.33. The normalized spacial score (nSPS) is 16.1. The fourth-order valence-electron chi connectivity index (χ4n) is 4.29. The molecule has 192 valence electrons. The first-order valence-electron chi connectivity index (χ1n) is 11.9. The third-order valence-corrected chi connectivity index (χ3v) is 6.98. The number of aliphatic hydroxyl groups excluding tert-OH is 1. The molecule has 0 aliphatic carbocycles. The number of halogens is 1. The molecular formula is C27H31FN2O5S. The van der Waals surface area contributed by atoms with Gasteiger partial charge in [-0.2, -0.15) is 0 Å². The summed E-state index contributed by atoms with van der Waals surface area (Å²) in [6, 6.07) is 11.3. The van der Waals surface area contributed by atoms with Crippen LogP contribution in [0.2, 0.25) is 0 Å².